The molecule has 6 nitrogen and oxygen atoms in total. The van der Waals surface area contributed by atoms with E-state index in [4.69, 9.17) is 5.11 Å². The largest absolute Gasteiger partial charge is 0.434 e. The molecule has 12 heavy (non-hydrogen) atoms. The van der Waals surface area contributed by atoms with E-state index in [9.17, 15) is 10.1 Å². The van der Waals surface area contributed by atoms with Crippen LogP contribution in [0.3, 0.4) is 0 Å². The Balaban J connectivity index is 2.84. The van der Waals surface area contributed by atoms with E-state index in [-0.39, 0.29) is 12.5 Å². The minimum absolute atomic E-state index is 0.191. The molecule has 1 aromatic heterocycles. The van der Waals surface area contributed by atoms with Gasteiger partial charge in [0.2, 0.25) is 0 Å². The maximum atomic E-state index is 10.3. The quantitative estimate of drug-likeness (QED) is 0.519. The molecule has 0 aromatic carbocycles. The molecule has 6 heteroatoms. The van der Waals surface area contributed by atoms with Crippen LogP contribution in [0.5, 0.6) is 0 Å². The van der Waals surface area contributed by atoms with Crippen LogP contribution in [0.15, 0.2) is 12.4 Å². The third-order valence-electron chi connectivity index (χ3n) is 1.32. The molecule has 1 atom stereocenters. The lowest BCUT2D eigenvalue weighted by molar-refractivity contribution is -0.397. The predicted molar refractivity (Wildman–Crippen MR) is 40.6 cm³/mol. The monoisotopic (exact) mass is 171 g/mol. The second-order valence-corrected chi connectivity index (χ2v) is 2.49. The Labute approximate surface area is 68.6 Å². The van der Waals surface area contributed by atoms with E-state index in [0.717, 1.165) is 0 Å². The number of aliphatic hydroxyl groups excluding tert-OH is 1. The van der Waals surface area contributed by atoms with Gasteiger partial charge in [0.25, 0.3) is 0 Å². The number of nitro groups is 1. The first-order chi connectivity index (χ1) is 5.61. The molecule has 1 heterocycles. The van der Waals surface area contributed by atoms with E-state index in [0.29, 0.717) is 0 Å². The standard InChI is InChI=1S/C6H9N3O3/c1-5(10)4-8-3-2-7-6(8)9(11)12/h2-3,5,10H,4H2,1H3. The summed E-state index contributed by atoms with van der Waals surface area (Å²) in [6.07, 6.45) is 2.18. The van der Waals surface area contributed by atoms with E-state index in [1.807, 2.05) is 0 Å². The predicted octanol–water partition coefficient (Wildman–Crippen LogP) is 0.172. The molecule has 0 amide bonds. The Kier molecular flexibility index (Phi) is 2.39. The summed E-state index contributed by atoms with van der Waals surface area (Å²) in [4.78, 5) is 13.2. The summed E-state index contributed by atoms with van der Waals surface area (Å²) < 4.78 is 1.30. The van der Waals surface area contributed by atoms with Crippen molar-refractivity contribution in [2.45, 2.75) is 19.6 Å². The molecule has 0 spiro atoms. The van der Waals surface area contributed by atoms with E-state index >= 15 is 0 Å². The molecule has 1 unspecified atom stereocenters. The van der Waals surface area contributed by atoms with Crippen LogP contribution in [0.2, 0.25) is 0 Å². The molecule has 0 bridgehead atoms. The smallest absolute Gasteiger partial charge is 0.390 e. The van der Waals surface area contributed by atoms with Crippen LogP contribution in [-0.2, 0) is 6.54 Å². The second kappa shape index (κ2) is 3.31. The lowest BCUT2D eigenvalue weighted by Crippen LogP contribution is -2.12. The maximum Gasteiger partial charge on any atom is 0.434 e. The van der Waals surface area contributed by atoms with Crippen molar-refractivity contribution in [2.75, 3.05) is 0 Å². The first kappa shape index (κ1) is 8.66. The Hall–Kier alpha value is -1.43. The fraction of sp³-hybridized carbons (Fsp3) is 0.500. The number of rotatable bonds is 3. The lowest BCUT2D eigenvalue weighted by Gasteiger charge is -2.02. The molecule has 0 saturated heterocycles. The average Bonchev–Trinajstić information content (AvgIpc) is 2.33. The van der Waals surface area contributed by atoms with Crippen molar-refractivity contribution >= 4 is 5.95 Å². The summed E-state index contributed by atoms with van der Waals surface area (Å²) in [6.45, 7) is 1.75. The third kappa shape index (κ3) is 1.79. The molecule has 0 aliphatic heterocycles. The minimum atomic E-state index is -0.613. The fourth-order valence-corrected chi connectivity index (χ4v) is 0.900. The summed E-state index contributed by atoms with van der Waals surface area (Å²) in [5, 5.41) is 19.3. The molecular formula is C6H9N3O3. The van der Waals surface area contributed by atoms with Crippen LogP contribution in [-0.4, -0.2) is 25.7 Å². The Morgan fingerprint density at radius 1 is 1.92 bits per heavy atom. The van der Waals surface area contributed by atoms with Gasteiger partial charge in [-0.2, -0.15) is 0 Å². The first-order valence-corrected chi connectivity index (χ1v) is 3.45. The van der Waals surface area contributed by atoms with Crippen molar-refractivity contribution in [1.82, 2.24) is 9.55 Å². The SMILES string of the molecule is CC(O)Cn1ccnc1[N+](=O)[O-]. The number of aliphatic hydroxyl groups is 1. The normalized spacial score (nSPS) is 12.8. The van der Waals surface area contributed by atoms with Gasteiger partial charge in [0.1, 0.15) is 12.4 Å². The molecule has 0 aliphatic carbocycles. The van der Waals surface area contributed by atoms with Gasteiger partial charge in [-0.15, -0.1) is 0 Å². The van der Waals surface area contributed by atoms with Gasteiger partial charge in [-0.1, -0.05) is 4.98 Å². The van der Waals surface area contributed by atoms with Gasteiger partial charge < -0.3 is 15.2 Å². The number of nitrogens with zero attached hydrogens (tertiary/aromatic N) is 3. The number of hydrogen-bond acceptors (Lipinski definition) is 4. The van der Waals surface area contributed by atoms with Gasteiger partial charge in [-0.05, 0) is 11.8 Å². The molecular weight excluding hydrogens is 162 g/mol. The van der Waals surface area contributed by atoms with Crippen molar-refractivity contribution < 1.29 is 10.0 Å². The Morgan fingerprint density at radius 2 is 2.58 bits per heavy atom. The molecule has 1 rings (SSSR count). The highest BCUT2D eigenvalue weighted by molar-refractivity contribution is 5.06. The summed E-state index contributed by atoms with van der Waals surface area (Å²) in [6, 6.07) is 0. The second-order valence-electron chi connectivity index (χ2n) is 2.49. The lowest BCUT2D eigenvalue weighted by atomic mass is 10.4. The van der Waals surface area contributed by atoms with E-state index < -0.39 is 11.0 Å². The van der Waals surface area contributed by atoms with Crippen molar-refractivity contribution in [1.29, 1.82) is 0 Å². The summed E-state index contributed by atoms with van der Waals surface area (Å²) >= 11 is 0. The van der Waals surface area contributed by atoms with Crippen LogP contribution in [0.4, 0.5) is 5.95 Å². The number of imidazole rings is 1. The molecule has 0 radical (unpaired) electrons. The van der Waals surface area contributed by atoms with Crippen molar-refractivity contribution in [3.63, 3.8) is 0 Å². The van der Waals surface area contributed by atoms with Gasteiger partial charge in [0.15, 0.2) is 0 Å². The zero-order valence-electron chi connectivity index (χ0n) is 6.54. The fourth-order valence-electron chi connectivity index (χ4n) is 0.900. The van der Waals surface area contributed by atoms with E-state index in [2.05, 4.69) is 4.98 Å². The van der Waals surface area contributed by atoms with E-state index in [1.165, 1.54) is 17.0 Å². The van der Waals surface area contributed by atoms with Crippen LogP contribution in [0, 0.1) is 10.1 Å². The highest BCUT2D eigenvalue weighted by Gasteiger charge is 2.14. The van der Waals surface area contributed by atoms with Gasteiger partial charge in [-0.25, -0.2) is 4.57 Å². The molecule has 1 aromatic rings. The van der Waals surface area contributed by atoms with Gasteiger partial charge >= 0.3 is 5.95 Å². The summed E-state index contributed by atoms with van der Waals surface area (Å²) in [7, 11) is 0. The average molecular weight is 171 g/mol. The molecule has 0 aliphatic rings. The highest BCUT2D eigenvalue weighted by atomic mass is 16.6. The maximum absolute atomic E-state index is 10.3. The summed E-state index contributed by atoms with van der Waals surface area (Å²) in [5.74, 6) is -0.240. The van der Waals surface area contributed by atoms with E-state index in [1.54, 1.807) is 6.92 Å². The zero-order chi connectivity index (χ0) is 9.14. The number of aromatic nitrogens is 2. The molecule has 0 saturated carbocycles. The van der Waals surface area contributed by atoms with Gasteiger partial charge in [0, 0.05) is 0 Å². The van der Waals surface area contributed by atoms with Crippen LogP contribution in [0.1, 0.15) is 6.92 Å². The van der Waals surface area contributed by atoms with Gasteiger partial charge in [-0.3, -0.25) is 0 Å². The first-order valence-electron chi connectivity index (χ1n) is 3.45. The topological polar surface area (TPSA) is 81.2 Å². The Bertz CT molecular complexity index is 281. The van der Waals surface area contributed by atoms with Crippen LogP contribution in [0.25, 0.3) is 0 Å². The van der Waals surface area contributed by atoms with Gasteiger partial charge in [0.05, 0.1) is 12.6 Å². The van der Waals surface area contributed by atoms with Crippen molar-refractivity contribution in [3.8, 4) is 0 Å². The highest BCUT2D eigenvalue weighted by Crippen LogP contribution is 2.07. The van der Waals surface area contributed by atoms with Crippen LogP contribution >= 0.6 is 0 Å². The Morgan fingerprint density at radius 3 is 3.08 bits per heavy atom. The van der Waals surface area contributed by atoms with Crippen LogP contribution < -0.4 is 0 Å². The molecule has 1 N–H and O–H groups in total. The summed E-state index contributed by atoms with van der Waals surface area (Å²) in [5.41, 5.74) is 0. The van der Waals surface area contributed by atoms with Crippen molar-refractivity contribution in [3.05, 3.63) is 22.5 Å². The van der Waals surface area contributed by atoms with Crippen molar-refractivity contribution in [2.24, 2.45) is 0 Å². The molecule has 66 valence electrons. The third-order valence-corrected chi connectivity index (χ3v) is 1.32. The molecule has 0 fully saturated rings. The number of hydrogen-bond donors (Lipinski definition) is 1. The zero-order valence-corrected chi connectivity index (χ0v) is 6.54. The minimum Gasteiger partial charge on any atom is -0.390 e.